The molecule has 18 heavy (non-hydrogen) atoms. The monoisotopic (exact) mass is 327 g/mol. The Labute approximate surface area is 117 Å². The first-order valence-electron chi connectivity index (χ1n) is 5.06. The summed E-state index contributed by atoms with van der Waals surface area (Å²) in [5, 5.41) is 11.0. The Morgan fingerprint density at radius 3 is 3.06 bits per heavy atom. The molecule has 5 nitrogen and oxygen atoms in total. The molecule has 1 aliphatic heterocycles. The maximum absolute atomic E-state index is 10.9. The molecular weight excluding hydrogens is 318 g/mol. The zero-order chi connectivity index (χ0) is 13.0. The predicted molar refractivity (Wildman–Crippen MR) is 76.3 cm³/mol. The van der Waals surface area contributed by atoms with Gasteiger partial charge in [-0.15, -0.1) is 5.10 Å². The van der Waals surface area contributed by atoms with Gasteiger partial charge in [0.25, 0.3) is 0 Å². The molecule has 0 spiro atoms. The highest BCUT2D eigenvalue weighted by Gasteiger charge is 2.15. The molecule has 7 heteroatoms. The maximum Gasteiger partial charge on any atom is 0.236 e. The molecule has 0 aliphatic carbocycles. The predicted octanol–water partition coefficient (Wildman–Crippen LogP) is 2.01. The van der Waals surface area contributed by atoms with E-state index in [2.05, 4.69) is 31.4 Å². The van der Waals surface area contributed by atoms with Crippen LogP contribution in [0.5, 0.6) is 5.75 Å². The first kappa shape index (κ1) is 13.1. The van der Waals surface area contributed by atoms with Crippen LogP contribution in [-0.4, -0.2) is 30.2 Å². The number of amides is 1. The standard InChI is InChI=1S/C11H10BrN3O2S/c1-17-8-2-3-9(12)7(4-8)5-13-15-11-14-10(16)6-18-11/h2-5H,6H2,1H3,(H,14,15,16). The summed E-state index contributed by atoms with van der Waals surface area (Å²) in [7, 11) is 1.61. The average molecular weight is 328 g/mol. The summed E-state index contributed by atoms with van der Waals surface area (Å²) in [5.74, 6) is 1.10. The Kier molecular flexibility index (Phi) is 4.38. The van der Waals surface area contributed by atoms with Crippen molar-refractivity contribution in [1.82, 2.24) is 5.32 Å². The van der Waals surface area contributed by atoms with Crippen molar-refractivity contribution in [1.29, 1.82) is 0 Å². The molecule has 0 bridgehead atoms. The Morgan fingerprint density at radius 2 is 2.39 bits per heavy atom. The van der Waals surface area contributed by atoms with Gasteiger partial charge in [-0.1, -0.05) is 27.7 Å². The van der Waals surface area contributed by atoms with Gasteiger partial charge in [0.2, 0.25) is 5.91 Å². The Balaban J connectivity index is 2.11. The van der Waals surface area contributed by atoms with Crippen LogP contribution in [0.3, 0.4) is 0 Å². The number of thioether (sulfide) groups is 1. The van der Waals surface area contributed by atoms with Crippen LogP contribution in [0.15, 0.2) is 32.9 Å². The lowest BCUT2D eigenvalue weighted by atomic mass is 10.2. The fourth-order valence-corrected chi connectivity index (χ4v) is 2.25. The third kappa shape index (κ3) is 3.33. The molecule has 1 aromatic carbocycles. The first-order chi connectivity index (χ1) is 8.69. The van der Waals surface area contributed by atoms with Crippen molar-refractivity contribution in [2.45, 2.75) is 0 Å². The van der Waals surface area contributed by atoms with E-state index in [1.807, 2.05) is 18.2 Å². The van der Waals surface area contributed by atoms with Crippen molar-refractivity contribution in [2.24, 2.45) is 10.2 Å². The molecule has 0 atom stereocenters. The van der Waals surface area contributed by atoms with E-state index in [1.54, 1.807) is 13.3 Å². The fraction of sp³-hybridized carbons (Fsp3) is 0.182. The van der Waals surface area contributed by atoms with E-state index < -0.39 is 0 Å². The summed E-state index contributed by atoms with van der Waals surface area (Å²) in [6, 6.07) is 5.56. The van der Waals surface area contributed by atoms with Gasteiger partial charge in [0.1, 0.15) is 5.75 Å². The number of hydrogen-bond acceptors (Lipinski definition) is 5. The van der Waals surface area contributed by atoms with Crippen LogP contribution in [0.1, 0.15) is 5.56 Å². The van der Waals surface area contributed by atoms with Crippen LogP contribution in [0.2, 0.25) is 0 Å². The third-order valence-electron chi connectivity index (χ3n) is 2.13. The summed E-state index contributed by atoms with van der Waals surface area (Å²) in [6.07, 6.45) is 1.60. The molecular formula is C11H10BrN3O2S. The molecule has 0 radical (unpaired) electrons. The minimum Gasteiger partial charge on any atom is -0.497 e. The highest BCUT2D eigenvalue weighted by atomic mass is 79.9. The number of carbonyl (C=O) groups excluding carboxylic acids is 1. The summed E-state index contributed by atoms with van der Waals surface area (Å²) in [5.41, 5.74) is 0.855. The zero-order valence-electron chi connectivity index (χ0n) is 9.51. The molecule has 0 aromatic heterocycles. The minimum absolute atomic E-state index is 0.0449. The van der Waals surface area contributed by atoms with Gasteiger partial charge in [-0.25, -0.2) is 0 Å². The molecule has 94 valence electrons. The van der Waals surface area contributed by atoms with Crippen molar-refractivity contribution in [3.8, 4) is 5.75 Å². The molecule has 1 fully saturated rings. The third-order valence-corrected chi connectivity index (χ3v) is 3.72. The van der Waals surface area contributed by atoms with Crippen molar-refractivity contribution < 1.29 is 9.53 Å². The van der Waals surface area contributed by atoms with Crippen LogP contribution >= 0.6 is 27.7 Å². The molecule has 1 N–H and O–H groups in total. The average Bonchev–Trinajstić information content (AvgIpc) is 2.77. The summed E-state index contributed by atoms with van der Waals surface area (Å²) < 4.78 is 6.02. The number of methoxy groups -OCH3 is 1. The van der Waals surface area contributed by atoms with E-state index in [4.69, 9.17) is 4.74 Å². The van der Waals surface area contributed by atoms with E-state index in [0.717, 1.165) is 15.8 Å². The van der Waals surface area contributed by atoms with Gasteiger partial charge in [-0.2, -0.15) is 5.10 Å². The number of nitrogens with zero attached hydrogens (tertiary/aromatic N) is 2. The lowest BCUT2D eigenvalue weighted by molar-refractivity contribution is -0.116. The lowest BCUT2D eigenvalue weighted by Gasteiger charge is -2.02. The second-order valence-corrected chi connectivity index (χ2v) is 5.19. The van der Waals surface area contributed by atoms with Gasteiger partial charge >= 0.3 is 0 Å². The number of ether oxygens (including phenoxy) is 1. The lowest BCUT2D eigenvalue weighted by Crippen LogP contribution is -2.19. The number of benzene rings is 1. The van der Waals surface area contributed by atoms with Gasteiger partial charge in [-0.3, -0.25) is 4.79 Å². The molecule has 1 saturated heterocycles. The number of rotatable bonds is 3. The molecule has 2 rings (SSSR count). The van der Waals surface area contributed by atoms with Crippen LogP contribution in [0.4, 0.5) is 0 Å². The summed E-state index contributed by atoms with van der Waals surface area (Å²) >= 11 is 4.75. The fourth-order valence-electron chi connectivity index (χ4n) is 1.27. The van der Waals surface area contributed by atoms with Crippen molar-refractivity contribution in [3.05, 3.63) is 28.2 Å². The van der Waals surface area contributed by atoms with Crippen LogP contribution in [-0.2, 0) is 4.79 Å². The molecule has 1 aliphatic rings. The topological polar surface area (TPSA) is 63.1 Å². The second kappa shape index (κ2) is 6.01. The Bertz CT molecular complexity index is 531. The zero-order valence-corrected chi connectivity index (χ0v) is 11.9. The molecule has 1 heterocycles. The smallest absolute Gasteiger partial charge is 0.236 e. The maximum atomic E-state index is 10.9. The van der Waals surface area contributed by atoms with Gasteiger partial charge in [0.15, 0.2) is 5.17 Å². The van der Waals surface area contributed by atoms with E-state index in [0.29, 0.717) is 10.9 Å². The van der Waals surface area contributed by atoms with Crippen LogP contribution in [0.25, 0.3) is 0 Å². The highest BCUT2D eigenvalue weighted by molar-refractivity contribution is 9.10. The number of hydrogen-bond donors (Lipinski definition) is 1. The van der Waals surface area contributed by atoms with E-state index >= 15 is 0 Å². The molecule has 0 saturated carbocycles. The second-order valence-electron chi connectivity index (χ2n) is 3.37. The molecule has 0 unspecified atom stereocenters. The SMILES string of the molecule is COc1ccc(Br)c(C=NN=C2NC(=O)CS2)c1. The first-order valence-corrected chi connectivity index (χ1v) is 6.84. The molecule has 1 amide bonds. The number of amidine groups is 1. The van der Waals surface area contributed by atoms with E-state index in [1.165, 1.54) is 11.8 Å². The van der Waals surface area contributed by atoms with E-state index in [9.17, 15) is 4.79 Å². The largest absolute Gasteiger partial charge is 0.497 e. The van der Waals surface area contributed by atoms with Crippen LogP contribution in [0, 0.1) is 0 Å². The van der Waals surface area contributed by atoms with Crippen molar-refractivity contribution in [2.75, 3.05) is 12.9 Å². The highest BCUT2D eigenvalue weighted by Crippen LogP contribution is 2.21. The van der Waals surface area contributed by atoms with Gasteiger partial charge in [0, 0.05) is 10.0 Å². The minimum atomic E-state index is -0.0449. The number of carbonyl (C=O) groups is 1. The van der Waals surface area contributed by atoms with Crippen LogP contribution < -0.4 is 10.1 Å². The van der Waals surface area contributed by atoms with E-state index in [-0.39, 0.29) is 5.91 Å². The van der Waals surface area contributed by atoms with Gasteiger partial charge in [0.05, 0.1) is 19.1 Å². The van der Waals surface area contributed by atoms with Crippen molar-refractivity contribution in [3.63, 3.8) is 0 Å². The Hall–Kier alpha value is -1.34. The summed E-state index contributed by atoms with van der Waals surface area (Å²) in [6.45, 7) is 0. The van der Waals surface area contributed by atoms with Crippen molar-refractivity contribution >= 4 is 45.0 Å². The summed E-state index contributed by atoms with van der Waals surface area (Å²) in [4.78, 5) is 10.9. The van der Waals surface area contributed by atoms with Gasteiger partial charge < -0.3 is 10.1 Å². The normalized spacial score (nSPS) is 17.4. The number of halogens is 1. The quantitative estimate of drug-likeness (QED) is 0.682. The Morgan fingerprint density at radius 1 is 1.56 bits per heavy atom. The molecule has 1 aromatic rings. The number of nitrogens with one attached hydrogen (secondary N) is 1. The van der Waals surface area contributed by atoms with Gasteiger partial charge in [-0.05, 0) is 18.2 Å².